The van der Waals surface area contributed by atoms with E-state index in [-0.39, 0.29) is 11.8 Å². The van der Waals surface area contributed by atoms with E-state index in [1.165, 1.54) is 0 Å². The fourth-order valence-electron chi connectivity index (χ4n) is 2.04. The molecule has 118 valence electrons. The number of hydrogen-bond donors (Lipinski definition) is 1. The van der Waals surface area contributed by atoms with Crippen LogP contribution >= 0.6 is 0 Å². The SMILES string of the molecule is CCCCCN(C)C(=O)c1nc(C(C)C)ncc1NCC. The molecule has 0 atom stereocenters. The summed E-state index contributed by atoms with van der Waals surface area (Å²) in [5.41, 5.74) is 1.20. The highest BCUT2D eigenvalue weighted by molar-refractivity contribution is 5.97. The van der Waals surface area contributed by atoms with Crippen LogP contribution < -0.4 is 5.32 Å². The van der Waals surface area contributed by atoms with Gasteiger partial charge in [-0.3, -0.25) is 4.79 Å². The zero-order chi connectivity index (χ0) is 15.8. The number of anilines is 1. The number of unbranched alkanes of at least 4 members (excludes halogenated alkanes) is 2. The summed E-state index contributed by atoms with van der Waals surface area (Å²) in [7, 11) is 1.84. The van der Waals surface area contributed by atoms with Gasteiger partial charge < -0.3 is 10.2 Å². The highest BCUT2D eigenvalue weighted by atomic mass is 16.2. The van der Waals surface area contributed by atoms with Crippen LogP contribution in [0.5, 0.6) is 0 Å². The minimum atomic E-state index is -0.0358. The Morgan fingerprint density at radius 2 is 2.05 bits per heavy atom. The van der Waals surface area contributed by atoms with Gasteiger partial charge >= 0.3 is 0 Å². The number of carbonyl (C=O) groups excluding carboxylic acids is 1. The summed E-state index contributed by atoms with van der Waals surface area (Å²) in [6.07, 6.45) is 5.03. The fraction of sp³-hybridized carbons (Fsp3) is 0.688. The van der Waals surface area contributed by atoms with Gasteiger partial charge in [0.15, 0.2) is 5.69 Å². The van der Waals surface area contributed by atoms with Crippen molar-refractivity contribution in [1.82, 2.24) is 14.9 Å². The van der Waals surface area contributed by atoms with Crippen LogP contribution in [0.2, 0.25) is 0 Å². The number of nitrogens with one attached hydrogen (secondary N) is 1. The molecule has 5 nitrogen and oxygen atoms in total. The van der Waals surface area contributed by atoms with Gasteiger partial charge in [-0.05, 0) is 13.3 Å². The quantitative estimate of drug-likeness (QED) is 0.747. The van der Waals surface area contributed by atoms with Crippen molar-refractivity contribution in [2.45, 2.75) is 52.9 Å². The Morgan fingerprint density at radius 1 is 1.33 bits per heavy atom. The zero-order valence-electron chi connectivity index (χ0n) is 13.9. The number of nitrogens with zero attached hydrogens (tertiary/aromatic N) is 3. The van der Waals surface area contributed by atoms with Crippen molar-refractivity contribution in [1.29, 1.82) is 0 Å². The van der Waals surface area contributed by atoms with Crippen molar-refractivity contribution in [3.63, 3.8) is 0 Å². The van der Waals surface area contributed by atoms with Gasteiger partial charge in [-0.25, -0.2) is 9.97 Å². The number of amides is 1. The average molecular weight is 292 g/mol. The summed E-state index contributed by atoms with van der Waals surface area (Å²) < 4.78 is 0. The highest BCUT2D eigenvalue weighted by Gasteiger charge is 2.19. The molecule has 1 heterocycles. The van der Waals surface area contributed by atoms with Crippen molar-refractivity contribution in [2.75, 3.05) is 25.5 Å². The lowest BCUT2D eigenvalue weighted by atomic mass is 10.2. The number of carbonyl (C=O) groups is 1. The minimum absolute atomic E-state index is 0.0358. The minimum Gasteiger partial charge on any atom is -0.382 e. The van der Waals surface area contributed by atoms with E-state index in [9.17, 15) is 4.79 Å². The largest absolute Gasteiger partial charge is 0.382 e. The summed E-state index contributed by atoms with van der Waals surface area (Å²) in [5, 5.41) is 3.17. The molecule has 0 bridgehead atoms. The lowest BCUT2D eigenvalue weighted by molar-refractivity contribution is 0.0787. The Bertz CT molecular complexity index is 460. The first-order valence-corrected chi connectivity index (χ1v) is 7.87. The molecule has 1 rings (SSSR count). The second kappa shape index (κ2) is 8.60. The van der Waals surface area contributed by atoms with Crippen molar-refractivity contribution in [3.8, 4) is 0 Å². The average Bonchev–Trinajstić information content (AvgIpc) is 2.47. The van der Waals surface area contributed by atoms with Crippen molar-refractivity contribution >= 4 is 11.6 Å². The smallest absolute Gasteiger partial charge is 0.274 e. The predicted octanol–water partition coefficient (Wildman–Crippen LogP) is 3.29. The summed E-state index contributed by atoms with van der Waals surface area (Å²) in [5.74, 6) is 0.880. The Hall–Kier alpha value is -1.65. The van der Waals surface area contributed by atoms with E-state index in [2.05, 4.69) is 22.2 Å². The molecular weight excluding hydrogens is 264 g/mol. The molecule has 21 heavy (non-hydrogen) atoms. The molecule has 1 aromatic heterocycles. The summed E-state index contributed by atoms with van der Waals surface area (Å²) >= 11 is 0. The molecule has 0 saturated carbocycles. The van der Waals surface area contributed by atoms with Crippen LogP contribution in [0, 0.1) is 0 Å². The van der Waals surface area contributed by atoms with E-state index in [1.54, 1.807) is 11.1 Å². The van der Waals surface area contributed by atoms with Crippen LogP contribution in [-0.2, 0) is 0 Å². The Balaban J connectivity index is 2.95. The number of rotatable bonds is 8. The van der Waals surface area contributed by atoms with E-state index in [1.807, 2.05) is 27.8 Å². The van der Waals surface area contributed by atoms with Crippen LogP contribution in [-0.4, -0.2) is 40.9 Å². The third-order valence-corrected chi connectivity index (χ3v) is 3.34. The molecule has 1 N–H and O–H groups in total. The van der Waals surface area contributed by atoms with Crippen LogP contribution in [0.15, 0.2) is 6.20 Å². The summed E-state index contributed by atoms with van der Waals surface area (Å²) in [6, 6.07) is 0. The van der Waals surface area contributed by atoms with Gasteiger partial charge in [0.05, 0.1) is 11.9 Å². The molecule has 0 radical (unpaired) electrons. The summed E-state index contributed by atoms with van der Waals surface area (Å²) in [4.78, 5) is 23.2. The van der Waals surface area contributed by atoms with Gasteiger partial charge in [-0.15, -0.1) is 0 Å². The van der Waals surface area contributed by atoms with Gasteiger partial charge in [0.25, 0.3) is 5.91 Å². The van der Waals surface area contributed by atoms with Crippen LogP contribution in [0.3, 0.4) is 0 Å². The maximum Gasteiger partial charge on any atom is 0.274 e. The second-order valence-corrected chi connectivity index (χ2v) is 5.61. The molecule has 0 aliphatic heterocycles. The molecule has 0 saturated heterocycles. The second-order valence-electron chi connectivity index (χ2n) is 5.61. The fourth-order valence-corrected chi connectivity index (χ4v) is 2.04. The van der Waals surface area contributed by atoms with Gasteiger partial charge in [0.2, 0.25) is 0 Å². The molecule has 0 unspecified atom stereocenters. The lowest BCUT2D eigenvalue weighted by Gasteiger charge is -2.19. The number of aromatic nitrogens is 2. The van der Waals surface area contributed by atoms with Crippen molar-refractivity contribution in [2.24, 2.45) is 0 Å². The van der Waals surface area contributed by atoms with E-state index in [4.69, 9.17) is 0 Å². The summed E-state index contributed by atoms with van der Waals surface area (Å²) in [6.45, 7) is 9.71. The first-order valence-electron chi connectivity index (χ1n) is 7.87. The molecule has 0 fully saturated rings. The van der Waals surface area contributed by atoms with Crippen molar-refractivity contribution < 1.29 is 4.79 Å². The van der Waals surface area contributed by atoms with E-state index in [0.29, 0.717) is 17.2 Å². The normalized spacial score (nSPS) is 10.8. The van der Waals surface area contributed by atoms with Gasteiger partial charge in [0.1, 0.15) is 5.82 Å². The maximum absolute atomic E-state index is 12.6. The van der Waals surface area contributed by atoms with Crippen LogP contribution in [0.1, 0.15) is 69.2 Å². The Labute approximate surface area is 128 Å². The lowest BCUT2D eigenvalue weighted by Crippen LogP contribution is -2.30. The predicted molar refractivity (Wildman–Crippen MR) is 86.8 cm³/mol. The van der Waals surface area contributed by atoms with Crippen molar-refractivity contribution in [3.05, 3.63) is 17.7 Å². The molecule has 0 spiro atoms. The standard InChI is InChI=1S/C16H28N4O/c1-6-8-9-10-20(5)16(21)14-13(17-7-2)11-18-15(19-14)12(3)4/h11-12,17H,6-10H2,1-5H3. The Kier molecular flexibility index (Phi) is 7.12. The maximum atomic E-state index is 12.6. The molecule has 1 amide bonds. The van der Waals surface area contributed by atoms with Crippen LogP contribution in [0.25, 0.3) is 0 Å². The molecule has 0 aliphatic rings. The van der Waals surface area contributed by atoms with E-state index in [0.717, 1.165) is 32.4 Å². The molecular formula is C16H28N4O. The topological polar surface area (TPSA) is 58.1 Å². The van der Waals surface area contributed by atoms with E-state index >= 15 is 0 Å². The number of hydrogen-bond acceptors (Lipinski definition) is 4. The monoisotopic (exact) mass is 292 g/mol. The third-order valence-electron chi connectivity index (χ3n) is 3.34. The molecule has 1 aromatic rings. The first kappa shape index (κ1) is 17.4. The highest BCUT2D eigenvalue weighted by Crippen LogP contribution is 2.18. The Morgan fingerprint density at radius 3 is 2.62 bits per heavy atom. The van der Waals surface area contributed by atoms with E-state index < -0.39 is 0 Å². The first-order chi connectivity index (χ1) is 10.0. The molecule has 0 aliphatic carbocycles. The molecule has 5 heteroatoms. The van der Waals surface area contributed by atoms with Gasteiger partial charge in [-0.1, -0.05) is 33.6 Å². The third kappa shape index (κ3) is 4.99. The van der Waals surface area contributed by atoms with Gasteiger partial charge in [0, 0.05) is 26.1 Å². The van der Waals surface area contributed by atoms with Crippen LogP contribution in [0.4, 0.5) is 5.69 Å². The zero-order valence-corrected chi connectivity index (χ0v) is 13.9. The van der Waals surface area contributed by atoms with Gasteiger partial charge in [-0.2, -0.15) is 0 Å². The molecule has 0 aromatic carbocycles.